The number of benzene rings is 3. The molecule has 3 aromatic rings. The fraction of sp³-hybridized carbons (Fsp3) is 0.357. The van der Waals surface area contributed by atoms with E-state index in [0.717, 1.165) is 44.1 Å². The lowest BCUT2D eigenvalue weighted by atomic mass is 9.76. The molecular formula is C28H29F3O2. The fourth-order valence-electron chi connectivity index (χ4n) is 4.87. The van der Waals surface area contributed by atoms with E-state index in [-0.39, 0.29) is 23.0 Å². The Morgan fingerprint density at radius 3 is 2.15 bits per heavy atom. The summed E-state index contributed by atoms with van der Waals surface area (Å²) in [6.45, 7) is 0. The van der Waals surface area contributed by atoms with E-state index >= 15 is 0 Å². The third-order valence-corrected chi connectivity index (χ3v) is 6.86. The summed E-state index contributed by atoms with van der Waals surface area (Å²) in [6.07, 6.45) is 5.36. The Labute approximate surface area is 193 Å². The van der Waals surface area contributed by atoms with Gasteiger partial charge in [0, 0.05) is 5.56 Å². The maximum Gasteiger partial charge on any atom is 0.166 e. The second-order valence-electron chi connectivity index (χ2n) is 8.78. The van der Waals surface area contributed by atoms with Gasteiger partial charge in [0.25, 0.3) is 0 Å². The van der Waals surface area contributed by atoms with Gasteiger partial charge in [-0.15, -0.1) is 0 Å². The molecular weight excluding hydrogens is 425 g/mol. The summed E-state index contributed by atoms with van der Waals surface area (Å²) in [5.41, 5.74) is 2.31. The van der Waals surface area contributed by atoms with E-state index in [0.29, 0.717) is 22.8 Å². The predicted octanol–water partition coefficient (Wildman–Crippen LogP) is 7.69. The van der Waals surface area contributed by atoms with Crippen molar-refractivity contribution in [3.63, 3.8) is 0 Å². The van der Waals surface area contributed by atoms with E-state index in [1.807, 2.05) is 6.07 Å². The molecule has 0 N–H and O–H groups in total. The molecule has 1 aliphatic carbocycles. The van der Waals surface area contributed by atoms with Crippen molar-refractivity contribution in [1.29, 1.82) is 0 Å². The van der Waals surface area contributed by atoms with Gasteiger partial charge >= 0.3 is 0 Å². The molecule has 0 unspecified atom stereocenters. The van der Waals surface area contributed by atoms with E-state index < -0.39 is 11.6 Å². The molecule has 0 heterocycles. The molecule has 0 radical (unpaired) electrons. The quantitative estimate of drug-likeness (QED) is 0.364. The van der Waals surface area contributed by atoms with Crippen LogP contribution in [0.3, 0.4) is 0 Å². The van der Waals surface area contributed by atoms with E-state index in [4.69, 9.17) is 9.47 Å². The van der Waals surface area contributed by atoms with Crippen molar-refractivity contribution in [3.8, 4) is 22.6 Å². The first-order valence-corrected chi connectivity index (χ1v) is 11.4. The Morgan fingerprint density at radius 2 is 1.52 bits per heavy atom. The second-order valence-corrected chi connectivity index (χ2v) is 8.78. The molecule has 3 aromatic carbocycles. The number of halogens is 3. The van der Waals surface area contributed by atoms with Gasteiger partial charge in [0.05, 0.1) is 14.2 Å². The van der Waals surface area contributed by atoms with Gasteiger partial charge in [-0.3, -0.25) is 0 Å². The van der Waals surface area contributed by atoms with Crippen molar-refractivity contribution < 1.29 is 22.6 Å². The van der Waals surface area contributed by atoms with Crippen molar-refractivity contribution in [2.24, 2.45) is 5.92 Å². The molecule has 0 atom stereocenters. The highest BCUT2D eigenvalue weighted by Gasteiger charge is 2.26. The fourth-order valence-corrected chi connectivity index (χ4v) is 4.87. The molecule has 4 rings (SSSR count). The lowest BCUT2D eigenvalue weighted by Crippen LogP contribution is -2.15. The summed E-state index contributed by atoms with van der Waals surface area (Å²) >= 11 is 0. The van der Waals surface area contributed by atoms with Crippen LogP contribution in [0, 0.1) is 23.4 Å². The zero-order chi connectivity index (χ0) is 23.4. The summed E-state index contributed by atoms with van der Waals surface area (Å²) in [5, 5.41) is 0. The number of rotatable bonds is 7. The van der Waals surface area contributed by atoms with Crippen molar-refractivity contribution >= 4 is 0 Å². The zero-order valence-corrected chi connectivity index (χ0v) is 19.0. The minimum atomic E-state index is -0.790. The average Bonchev–Trinajstić information content (AvgIpc) is 2.85. The van der Waals surface area contributed by atoms with Crippen molar-refractivity contribution in [2.45, 2.75) is 44.4 Å². The van der Waals surface area contributed by atoms with Crippen LogP contribution in [-0.2, 0) is 6.42 Å². The highest BCUT2D eigenvalue weighted by molar-refractivity contribution is 5.65. The Bertz CT molecular complexity index is 1090. The van der Waals surface area contributed by atoms with Crippen LogP contribution < -0.4 is 9.47 Å². The average molecular weight is 455 g/mol. The van der Waals surface area contributed by atoms with Crippen molar-refractivity contribution in [2.75, 3.05) is 14.2 Å². The maximum atomic E-state index is 15.0. The summed E-state index contributed by atoms with van der Waals surface area (Å²) in [4.78, 5) is 0. The van der Waals surface area contributed by atoms with Crippen molar-refractivity contribution in [3.05, 3.63) is 83.2 Å². The third kappa shape index (κ3) is 5.18. The molecule has 0 spiro atoms. The Kier molecular flexibility index (Phi) is 7.26. The van der Waals surface area contributed by atoms with Gasteiger partial charge in [-0.1, -0.05) is 30.3 Å². The standard InChI is InChI=1S/C28H29F3O2/c1-32-22-12-10-21(11-13-22)24-15-14-23(27(30)28(24)31)20-8-5-18(6-9-20)3-4-19-7-16-26(33-2)25(29)17-19/h7,10-18,20H,3-6,8-9H2,1-2H3. The van der Waals surface area contributed by atoms with E-state index in [1.54, 1.807) is 49.6 Å². The molecule has 1 aliphatic rings. The highest BCUT2D eigenvalue weighted by atomic mass is 19.2. The second kappa shape index (κ2) is 10.3. The molecule has 0 saturated heterocycles. The van der Waals surface area contributed by atoms with Crippen LogP contribution >= 0.6 is 0 Å². The van der Waals surface area contributed by atoms with Crippen LogP contribution in [0.1, 0.15) is 49.1 Å². The first-order valence-electron chi connectivity index (χ1n) is 11.4. The van der Waals surface area contributed by atoms with Gasteiger partial charge in [-0.05, 0) is 91.3 Å². The molecule has 5 heteroatoms. The van der Waals surface area contributed by atoms with Gasteiger partial charge in [0.1, 0.15) is 5.75 Å². The van der Waals surface area contributed by atoms with E-state index in [9.17, 15) is 13.2 Å². The number of ether oxygens (including phenoxy) is 2. The van der Waals surface area contributed by atoms with Crippen LogP contribution in [0.15, 0.2) is 54.6 Å². The summed E-state index contributed by atoms with van der Waals surface area (Å²) < 4.78 is 53.9. The summed E-state index contributed by atoms with van der Waals surface area (Å²) in [5.74, 6) is -0.398. The Morgan fingerprint density at radius 1 is 0.788 bits per heavy atom. The number of aryl methyl sites for hydroxylation is 1. The van der Waals surface area contributed by atoms with Crippen LogP contribution in [0.4, 0.5) is 13.2 Å². The number of hydrogen-bond donors (Lipinski definition) is 0. The largest absolute Gasteiger partial charge is 0.497 e. The Hall–Kier alpha value is -2.95. The van der Waals surface area contributed by atoms with Gasteiger partial charge < -0.3 is 9.47 Å². The summed E-state index contributed by atoms with van der Waals surface area (Å²) in [7, 11) is 3.02. The van der Waals surface area contributed by atoms with Crippen LogP contribution in [0.2, 0.25) is 0 Å². The molecule has 0 aliphatic heterocycles. The lowest BCUT2D eigenvalue weighted by molar-refractivity contribution is 0.305. The molecule has 33 heavy (non-hydrogen) atoms. The van der Waals surface area contributed by atoms with Gasteiger partial charge in [0.15, 0.2) is 23.2 Å². The minimum absolute atomic E-state index is 0.0269. The first-order chi connectivity index (χ1) is 16.0. The SMILES string of the molecule is COc1ccc(-c2ccc(C3CCC(CCc4ccc(OC)c(F)c4)CC3)c(F)c2F)cc1. The van der Waals surface area contributed by atoms with Crippen LogP contribution in [-0.4, -0.2) is 14.2 Å². The predicted molar refractivity (Wildman–Crippen MR) is 124 cm³/mol. The monoisotopic (exact) mass is 454 g/mol. The summed E-state index contributed by atoms with van der Waals surface area (Å²) in [6, 6.07) is 15.5. The first kappa shape index (κ1) is 23.2. The minimum Gasteiger partial charge on any atom is -0.497 e. The van der Waals surface area contributed by atoms with E-state index in [1.165, 1.54) is 13.2 Å². The molecule has 0 amide bonds. The smallest absolute Gasteiger partial charge is 0.166 e. The van der Waals surface area contributed by atoms with Crippen molar-refractivity contribution in [1.82, 2.24) is 0 Å². The molecule has 174 valence electrons. The highest BCUT2D eigenvalue weighted by Crippen LogP contribution is 2.40. The molecule has 1 saturated carbocycles. The molecule has 0 bridgehead atoms. The van der Waals surface area contributed by atoms with Gasteiger partial charge in [0.2, 0.25) is 0 Å². The van der Waals surface area contributed by atoms with Crippen LogP contribution in [0.25, 0.3) is 11.1 Å². The topological polar surface area (TPSA) is 18.5 Å². The molecule has 0 aromatic heterocycles. The number of methoxy groups -OCH3 is 2. The van der Waals surface area contributed by atoms with Gasteiger partial charge in [-0.25, -0.2) is 13.2 Å². The lowest BCUT2D eigenvalue weighted by Gasteiger charge is -2.29. The normalized spacial score (nSPS) is 18.2. The number of hydrogen-bond acceptors (Lipinski definition) is 2. The Balaban J connectivity index is 1.37. The molecule has 1 fully saturated rings. The van der Waals surface area contributed by atoms with E-state index in [2.05, 4.69) is 0 Å². The van der Waals surface area contributed by atoms with Gasteiger partial charge in [-0.2, -0.15) is 0 Å². The zero-order valence-electron chi connectivity index (χ0n) is 19.0. The van der Waals surface area contributed by atoms with Crippen LogP contribution in [0.5, 0.6) is 11.5 Å². The molecule has 2 nitrogen and oxygen atoms in total. The third-order valence-electron chi connectivity index (χ3n) is 6.86. The maximum absolute atomic E-state index is 15.0.